The van der Waals surface area contributed by atoms with Gasteiger partial charge in [-0.3, -0.25) is 0 Å². The molecule has 0 N–H and O–H groups in total. The van der Waals surface area contributed by atoms with Crippen LogP contribution in [0.1, 0.15) is 0 Å². The highest BCUT2D eigenvalue weighted by atomic mass is 32.1. The van der Waals surface area contributed by atoms with Gasteiger partial charge in [-0.15, -0.1) is 11.3 Å². The summed E-state index contributed by atoms with van der Waals surface area (Å²) in [5.74, 6) is 1.86. The Bertz CT molecular complexity index is 3170. The number of nitrogens with zero attached hydrogens (tertiary/aromatic N) is 4. The average Bonchev–Trinajstić information content (AvgIpc) is 3.72. The van der Waals surface area contributed by atoms with E-state index in [0.29, 0.717) is 17.5 Å². The summed E-state index contributed by atoms with van der Waals surface area (Å²) >= 11 is 1.80. The molecule has 0 fully saturated rings. The van der Waals surface area contributed by atoms with Crippen molar-refractivity contribution in [3.05, 3.63) is 206 Å². The van der Waals surface area contributed by atoms with Crippen molar-refractivity contribution >= 4 is 42.4 Å². The van der Waals surface area contributed by atoms with Crippen molar-refractivity contribution < 1.29 is 0 Å². The summed E-state index contributed by atoms with van der Waals surface area (Å²) in [5, 5.41) is 3.66. The van der Waals surface area contributed by atoms with Crippen LogP contribution in [0, 0.1) is 0 Å². The number of fused-ring (bicyclic) bond motifs is 5. The van der Waals surface area contributed by atoms with Gasteiger partial charge in [0.25, 0.3) is 0 Å². The van der Waals surface area contributed by atoms with Crippen LogP contribution in [0.15, 0.2) is 206 Å². The third-order valence-corrected chi connectivity index (χ3v) is 12.1. The number of aromatic nitrogens is 4. The molecular weight excluding hydrogens is 737 g/mol. The van der Waals surface area contributed by atoms with Gasteiger partial charge in [0.05, 0.1) is 15.9 Å². The summed E-state index contributed by atoms with van der Waals surface area (Å²) in [6.07, 6.45) is 0. The Morgan fingerprint density at radius 3 is 1.19 bits per heavy atom. The van der Waals surface area contributed by atoms with Crippen LogP contribution in [0.25, 0.3) is 110 Å². The topological polar surface area (TPSA) is 51.6 Å². The predicted octanol–water partition coefficient (Wildman–Crippen LogP) is 14.5. The molecule has 0 aliphatic rings. The number of rotatable bonds is 7. The first-order valence-corrected chi connectivity index (χ1v) is 20.5. The monoisotopic (exact) mass is 770 g/mol. The summed E-state index contributed by atoms with van der Waals surface area (Å²) in [6.45, 7) is 0. The minimum atomic E-state index is 0.614. The Kier molecular flexibility index (Phi) is 8.64. The van der Waals surface area contributed by atoms with Crippen LogP contribution < -0.4 is 0 Å². The normalized spacial score (nSPS) is 11.4. The van der Waals surface area contributed by atoms with Crippen LogP contribution in [0.3, 0.4) is 0 Å². The van der Waals surface area contributed by atoms with Crippen molar-refractivity contribution in [3.8, 4) is 78.8 Å². The molecule has 0 saturated carbocycles. The molecule has 0 radical (unpaired) electrons. The molecule has 3 aromatic heterocycles. The van der Waals surface area contributed by atoms with E-state index >= 15 is 0 Å². The lowest BCUT2D eigenvalue weighted by molar-refractivity contribution is 1.07. The first kappa shape index (κ1) is 34.6. The highest BCUT2D eigenvalue weighted by molar-refractivity contribution is 7.26. The van der Waals surface area contributed by atoms with Crippen molar-refractivity contribution in [2.45, 2.75) is 0 Å². The molecule has 0 bridgehead atoms. The Hall–Kier alpha value is -7.60. The fourth-order valence-corrected chi connectivity index (χ4v) is 9.14. The quantitative estimate of drug-likeness (QED) is 0.162. The summed E-state index contributed by atoms with van der Waals surface area (Å²) in [7, 11) is 0. The average molecular weight is 771 g/mol. The van der Waals surface area contributed by atoms with Gasteiger partial charge in [0.2, 0.25) is 0 Å². The van der Waals surface area contributed by atoms with E-state index < -0.39 is 0 Å². The second-order valence-corrected chi connectivity index (χ2v) is 15.7. The van der Waals surface area contributed by atoms with E-state index in [1.807, 2.05) is 12.1 Å². The maximum atomic E-state index is 5.34. The molecule has 11 aromatic rings. The molecule has 0 aliphatic heterocycles. The van der Waals surface area contributed by atoms with E-state index in [0.717, 1.165) is 50.0 Å². The van der Waals surface area contributed by atoms with E-state index in [1.54, 1.807) is 11.3 Å². The van der Waals surface area contributed by atoms with Crippen molar-refractivity contribution in [1.82, 2.24) is 19.9 Å². The largest absolute Gasteiger partial charge is 0.246 e. The van der Waals surface area contributed by atoms with Gasteiger partial charge in [-0.05, 0) is 51.6 Å². The van der Waals surface area contributed by atoms with Crippen molar-refractivity contribution in [2.75, 3.05) is 0 Å². The molecular formula is C54H34N4S. The highest BCUT2D eigenvalue weighted by Gasteiger charge is 2.18. The molecule has 0 atom stereocenters. The lowest BCUT2D eigenvalue weighted by atomic mass is 9.98. The lowest BCUT2D eigenvalue weighted by Gasteiger charge is -2.11. The van der Waals surface area contributed by atoms with Gasteiger partial charge in [-0.25, -0.2) is 19.9 Å². The molecule has 0 unspecified atom stereocenters. The fraction of sp³-hybridized carbons (Fsp3) is 0. The minimum absolute atomic E-state index is 0.614. The third-order valence-electron chi connectivity index (χ3n) is 11.0. The zero-order chi connectivity index (χ0) is 39.1. The van der Waals surface area contributed by atoms with Gasteiger partial charge in [-0.1, -0.05) is 188 Å². The second kappa shape index (κ2) is 14.7. The van der Waals surface area contributed by atoms with Gasteiger partial charge >= 0.3 is 0 Å². The Labute approximate surface area is 345 Å². The van der Waals surface area contributed by atoms with Gasteiger partial charge < -0.3 is 0 Å². The van der Waals surface area contributed by atoms with Gasteiger partial charge in [0.15, 0.2) is 17.5 Å². The SMILES string of the molecule is c1ccc(-c2ccc(-c3nc(-c4ccc(-c5ccccc5)cc4)nc(-c4ccc(-c5nc6ccc(-c7ccccc7)cc6c6c5sc5ccccc56)cc4)n3)cc2)cc1. The fourth-order valence-electron chi connectivity index (χ4n) is 7.92. The van der Waals surface area contributed by atoms with Crippen LogP contribution in [0.5, 0.6) is 0 Å². The molecule has 5 heteroatoms. The highest BCUT2D eigenvalue weighted by Crippen LogP contribution is 2.44. The van der Waals surface area contributed by atoms with Crippen molar-refractivity contribution in [3.63, 3.8) is 0 Å². The number of benzene rings is 8. The molecule has 0 amide bonds. The smallest absolute Gasteiger partial charge is 0.164 e. The van der Waals surface area contributed by atoms with Crippen LogP contribution in [0.4, 0.5) is 0 Å². The standard InChI is InChI=1S/C54H34N4S/c1-4-12-35(13-5-1)38-20-26-41(27-21-38)52-56-53(42-28-22-39(23-29-42)36-14-6-2-7-15-36)58-54(57-52)43-30-24-40(25-31-43)50-51-49(45-18-10-11-19-48(45)59-51)46-34-44(32-33-47(46)55-50)37-16-8-3-9-17-37/h1-34H. The summed E-state index contributed by atoms with van der Waals surface area (Å²) in [4.78, 5) is 20.6. The maximum Gasteiger partial charge on any atom is 0.164 e. The molecule has 0 aliphatic carbocycles. The number of hydrogen-bond donors (Lipinski definition) is 0. The summed E-state index contributed by atoms with van der Waals surface area (Å²) in [5.41, 5.74) is 12.7. The van der Waals surface area contributed by atoms with E-state index in [2.05, 4.69) is 194 Å². The summed E-state index contributed by atoms with van der Waals surface area (Å²) in [6, 6.07) is 72.1. The van der Waals surface area contributed by atoms with E-state index in [4.69, 9.17) is 19.9 Å². The van der Waals surface area contributed by atoms with Crippen LogP contribution in [-0.4, -0.2) is 19.9 Å². The number of hydrogen-bond acceptors (Lipinski definition) is 5. The minimum Gasteiger partial charge on any atom is -0.246 e. The zero-order valence-corrected chi connectivity index (χ0v) is 32.6. The summed E-state index contributed by atoms with van der Waals surface area (Å²) < 4.78 is 2.43. The molecule has 4 nitrogen and oxygen atoms in total. The first-order chi connectivity index (χ1) is 29.2. The van der Waals surface area contributed by atoms with Gasteiger partial charge in [-0.2, -0.15) is 0 Å². The Morgan fingerprint density at radius 1 is 0.288 bits per heavy atom. The van der Waals surface area contributed by atoms with Gasteiger partial charge in [0.1, 0.15) is 0 Å². The van der Waals surface area contributed by atoms with E-state index in [9.17, 15) is 0 Å². The Balaban J connectivity index is 1.01. The van der Waals surface area contributed by atoms with Crippen molar-refractivity contribution in [1.29, 1.82) is 0 Å². The van der Waals surface area contributed by atoms with Crippen molar-refractivity contribution in [2.24, 2.45) is 0 Å². The molecule has 59 heavy (non-hydrogen) atoms. The molecule has 11 rings (SSSR count). The number of thiophene rings is 1. The second-order valence-electron chi connectivity index (χ2n) is 14.6. The molecule has 0 saturated heterocycles. The molecule has 0 spiro atoms. The van der Waals surface area contributed by atoms with Gasteiger partial charge in [0, 0.05) is 43.1 Å². The molecule has 8 aromatic carbocycles. The third kappa shape index (κ3) is 6.54. The first-order valence-electron chi connectivity index (χ1n) is 19.7. The molecule has 276 valence electrons. The molecule has 3 heterocycles. The van der Waals surface area contributed by atoms with E-state index in [1.165, 1.54) is 42.4 Å². The van der Waals surface area contributed by atoms with Crippen LogP contribution in [0.2, 0.25) is 0 Å². The number of pyridine rings is 1. The maximum absolute atomic E-state index is 5.34. The zero-order valence-electron chi connectivity index (χ0n) is 31.8. The predicted molar refractivity (Wildman–Crippen MR) is 246 cm³/mol. The Morgan fingerprint density at radius 2 is 0.678 bits per heavy atom. The van der Waals surface area contributed by atoms with Crippen LogP contribution >= 0.6 is 11.3 Å². The van der Waals surface area contributed by atoms with Crippen LogP contribution in [-0.2, 0) is 0 Å². The van der Waals surface area contributed by atoms with E-state index in [-0.39, 0.29) is 0 Å². The lowest BCUT2D eigenvalue weighted by Crippen LogP contribution is -2.00.